The van der Waals surface area contributed by atoms with Crippen LogP contribution in [0.1, 0.15) is 165 Å². The zero-order chi connectivity index (χ0) is 50.8. The molecular weight excluding hydrogens is 870 g/mol. The number of hydrogen-bond acceptors (Lipinski definition) is 3. The summed E-state index contributed by atoms with van der Waals surface area (Å²) in [4.78, 5) is 7.89. The highest BCUT2D eigenvalue weighted by Crippen LogP contribution is 2.56. The Morgan fingerprint density at radius 1 is 0.389 bits per heavy atom. The lowest BCUT2D eigenvalue weighted by molar-refractivity contribution is 0.330. The van der Waals surface area contributed by atoms with Crippen LogP contribution in [-0.2, 0) is 32.5 Å². The zero-order valence-corrected chi connectivity index (χ0v) is 46.1. The van der Waals surface area contributed by atoms with Crippen LogP contribution in [0.15, 0.2) is 127 Å². The minimum atomic E-state index is 0.00797. The molecule has 0 aromatic heterocycles. The first kappa shape index (κ1) is 47.0. The van der Waals surface area contributed by atoms with E-state index in [9.17, 15) is 0 Å². The number of nitrogens with zero attached hydrogens (tertiary/aromatic N) is 3. The van der Waals surface area contributed by atoms with Gasteiger partial charge in [-0.15, -0.1) is 0 Å². The van der Waals surface area contributed by atoms with Gasteiger partial charge in [-0.2, -0.15) is 0 Å². The molecule has 0 fully saturated rings. The molecule has 0 N–H and O–H groups in total. The van der Waals surface area contributed by atoms with Crippen LogP contribution in [0.5, 0.6) is 0 Å². The third kappa shape index (κ3) is 6.89. The van der Waals surface area contributed by atoms with E-state index in [0.717, 1.165) is 23.5 Å². The molecule has 72 heavy (non-hydrogen) atoms. The van der Waals surface area contributed by atoms with Crippen LogP contribution in [0.4, 0.5) is 51.2 Å². The number of anilines is 9. The standard InChI is InChI=1S/C68H76BN3/c1-42-34-59-62-60(35-42)72(56-39-52-49(36-43(56)2)67(12,13)41-68(52,14)15)58-40-51-50(64(6,7)30-31-65(51,8)9)38-54(58)69(62)53-28-26-47(70(45-22-18-16-19-23-45)46-24-20-17-21-25-46)37-57(53)71(59)55-29-27-48-61(44(55)3)66(10,11)33-32-63(48,4)5/h16-29,34-40H,30-33,41H2,1-15H3. The van der Waals surface area contributed by atoms with Gasteiger partial charge < -0.3 is 14.7 Å². The van der Waals surface area contributed by atoms with Crippen molar-refractivity contribution in [2.45, 2.75) is 168 Å². The molecule has 0 bridgehead atoms. The summed E-state index contributed by atoms with van der Waals surface area (Å²) in [6.45, 7) is 36.9. The number of hydrogen-bond donors (Lipinski definition) is 0. The van der Waals surface area contributed by atoms with Gasteiger partial charge >= 0.3 is 0 Å². The molecule has 3 aliphatic carbocycles. The quantitative estimate of drug-likeness (QED) is 0.159. The predicted molar refractivity (Wildman–Crippen MR) is 311 cm³/mol. The van der Waals surface area contributed by atoms with Crippen LogP contribution >= 0.6 is 0 Å². The molecule has 3 nitrogen and oxygen atoms in total. The van der Waals surface area contributed by atoms with Crippen molar-refractivity contribution >= 4 is 74.3 Å². The molecule has 4 heteroatoms. The highest BCUT2D eigenvalue weighted by Gasteiger charge is 2.49. The molecule has 0 unspecified atom stereocenters. The van der Waals surface area contributed by atoms with Crippen molar-refractivity contribution in [1.29, 1.82) is 0 Å². The van der Waals surface area contributed by atoms with Crippen molar-refractivity contribution in [3.05, 3.63) is 177 Å². The van der Waals surface area contributed by atoms with Gasteiger partial charge in [0.25, 0.3) is 6.71 Å². The van der Waals surface area contributed by atoms with Crippen LogP contribution in [-0.4, -0.2) is 6.71 Å². The highest BCUT2D eigenvalue weighted by atomic mass is 15.2. The fourth-order valence-corrected chi connectivity index (χ4v) is 15.1. The van der Waals surface area contributed by atoms with Crippen LogP contribution in [0.2, 0.25) is 0 Å². The molecule has 2 aliphatic heterocycles. The predicted octanol–water partition coefficient (Wildman–Crippen LogP) is 16.8. The number of fused-ring (bicyclic) bond motifs is 7. The number of para-hydroxylation sites is 2. The van der Waals surface area contributed by atoms with Gasteiger partial charge in [0.05, 0.1) is 0 Å². The Morgan fingerprint density at radius 3 is 1.47 bits per heavy atom. The van der Waals surface area contributed by atoms with Gasteiger partial charge in [0.15, 0.2) is 0 Å². The Morgan fingerprint density at radius 2 is 0.875 bits per heavy atom. The summed E-state index contributed by atoms with van der Waals surface area (Å²) in [7, 11) is 0. The third-order valence-corrected chi connectivity index (χ3v) is 18.8. The summed E-state index contributed by atoms with van der Waals surface area (Å²) in [6.07, 6.45) is 5.84. The normalized spacial score (nSPS) is 19.6. The van der Waals surface area contributed by atoms with Crippen LogP contribution in [0, 0.1) is 20.8 Å². The molecule has 2 heterocycles. The fourth-order valence-electron chi connectivity index (χ4n) is 15.1. The lowest BCUT2D eigenvalue weighted by atomic mass is 9.33. The van der Waals surface area contributed by atoms with E-state index in [4.69, 9.17) is 0 Å². The molecule has 0 spiro atoms. The summed E-state index contributed by atoms with van der Waals surface area (Å²) in [5.41, 5.74) is 28.8. The first-order valence-electron chi connectivity index (χ1n) is 27.2. The van der Waals surface area contributed by atoms with Crippen molar-refractivity contribution in [3.8, 4) is 0 Å². The molecule has 0 amide bonds. The van der Waals surface area contributed by atoms with E-state index < -0.39 is 0 Å². The lowest BCUT2D eigenvalue weighted by Gasteiger charge is -2.48. The molecule has 7 aromatic carbocycles. The topological polar surface area (TPSA) is 9.72 Å². The van der Waals surface area contributed by atoms with E-state index in [1.807, 2.05) is 0 Å². The smallest absolute Gasteiger partial charge is 0.252 e. The van der Waals surface area contributed by atoms with Crippen molar-refractivity contribution in [3.63, 3.8) is 0 Å². The number of rotatable bonds is 5. The molecular formula is C68H76BN3. The fraction of sp³-hybridized carbons (Fsp3) is 0.382. The molecule has 366 valence electrons. The van der Waals surface area contributed by atoms with E-state index in [1.54, 1.807) is 0 Å². The Hall–Kier alpha value is -6.00. The van der Waals surface area contributed by atoms with Gasteiger partial charge in [0.2, 0.25) is 0 Å². The van der Waals surface area contributed by atoms with Crippen LogP contribution < -0.4 is 31.1 Å². The monoisotopic (exact) mass is 946 g/mol. The molecule has 0 saturated carbocycles. The van der Waals surface area contributed by atoms with Gasteiger partial charge in [-0.05, 0) is 219 Å². The maximum atomic E-state index is 2.74. The largest absolute Gasteiger partial charge is 0.311 e. The Balaban J connectivity index is 1.20. The van der Waals surface area contributed by atoms with Gasteiger partial charge in [0, 0.05) is 51.2 Å². The highest BCUT2D eigenvalue weighted by molar-refractivity contribution is 7.00. The van der Waals surface area contributed by atoms with Crippen LogP contribution in [0.3, 0.4) is 0 Å². The maximum Gasteiger partial charge on any atom is 0.252 e. The van der Waals surface area contributed by atoms with Crippen molar-refractivity contribution in [2.24, 2.45) is 0 Å². The van der Waals surface area contributed by atoms with E-state index in [2.05, 4.69) is 246 Å². The van der Waals surface area contributed by atoms with E-state index in [1.165, 1.54) is 126 Å². The second-order valence-corrected chi connectivity index (χ2v) is 26.8. The van der Waals surface area contributed by atoms with Gasteiger partial charge in [-0.1, -0.05) is 144 Å². The second kappa shape index (κ2) is 15.5. The SMILES string of the molecule is Cc1cc2c3c(c1)N(c1ccc4c(c1C)C(C)(C)CCC4(C)C)c1cc(N(c4ccccc4)c4ccccc4)ccc1B3c1cc3c(cc1N2c1cc2c(cc1C)C(C)(C)CC2(C)C)C(C)(C)CCC3(C)C. The molecule has 0 radical (unpaired) electrons. The van der Waals surface area contributed by atoms with Gasteiger partial charge in [-0.25, -0.2) is 0 Å². The molecule has 0 saturated heterocycles. The minimum absolute atomic E-state index is 0.00797. The minimum Gasteiger partial charge on any atom is -0.311 e. The van der Waals surface area contributed by atoms with Crippen molar-refractivity contribution < 1.29 is 0 Å². The summed E-state index contributed by atoms with van der Waals surface area (Å²) < 4.78 is 0. The second-order valence-electron chi connectivity index (χ2n) is 26.8. The third-order valence-electron chi connectivity index (χ3n) is 18.8. The molecule has 5 aliphatic rings. The lowest BCUT2D eigenvalue weighted by Crippen LogP contribution is -2.62. The Bertz CT molecular complexity index is 3350. The molecule has 12 rings (SSSR count). The number of benzene rings is 7. The van der Waals surface area contributed by atoms with E-state index in [-0.39, 0.29) is 39.2 Å². The van der Waals surface area contributed by atoms with E-state index >= 15 is 0 Å². The summed E-state index contributed by atoms with van der Waals surface area (Å²) in [6, 6.07) is 49.9. The Kier molecular flexibility index (Phi) is 10.1. The zero-order valence-electron chi connectivity index (χ0n) is 46.1. The molecule has 7 aromatic rings. The van der Waals surface area contributed by atoms with E-state index in [0.29, 0.717) is 0 Å². The van der Waals surface area contributed by atoms with Crippen molar-refractivity contribution in [1.82, 2.24) is 0 Å². The average molecular weight is 946 g/mol. The van der Waals surface area contributed by atoms with Crippen LogP contribution in [0.25, 0.3) is 0 Å². The first-order chi connectivity index (χ1) is 33.9. The molecule has 0 atom stereocenters. The first-order valence-corrected chi connectivity index (χ1v) is 27.2. The van der Waals surface area contributed by atoms with Gasteiger partial charge in [-0.3, -0.25) is 0 Å². The average Bonchev–Trinajstić information content (AvgIpc) is 3.50. The summed E-state index contributed by atoms with van der Waals surface area (Å²) in [5.74, 6) is 0. The Labute approximate surface area is 432 Å². The van der Waals surface area contributed by atoms with Crippen molar-refractivity contribution in [2.75, 3.05) is 14.7 Å². The van der Waals surface area contributed by atoms with Gasteiger partial charge in [0.1, 0.15) is 0 Å². The maximum absolute atomic E-state index is 2.74. The summed E-state index contributed by atoms with van der Waals surface area (Å²) >= 11 is 0. The number of aryl methyl sites for hydroxylation is 2. The summed E-state index contributed by atoms with van der Waals surface area (Å²) in [5, 5.41) is 0.